The van der Waals surface area contributed by atoms with Crippen LogP contribution in [0.4, 0.5) is 5.69 Å². The lowest BCUT2D eigenvalue weighted by Crippen LogP contribution is -2.27. The molecule has 4 heteroatoms. The Kier molecular flexibility index (Phi) is 5.24. The van der Waals surface area contributed by atoms with Gasteiger partial charge < -0.3 is 4.90 Å². The zero-order valence-corrected chi connectivity index (χ0v) is 14.5. The Balaban J connectivity index is 2.20. The van der Waals surface area contributed by atoms with E-state index >= 15 is 0 Å². The van der Waals surface area contributed by atoms with Crippen LogP contribution in [0.1, 0.15) is 0 Å². The first-order valence-corrected chi connectivity index (χ1v) is 9.17. The zero-order chi connectivity index (χ0) is 15.4. The first kappa shape index (κ1) is 15.7. The maximum atomic E-state index is 6.02. The highest BCUT2D eigenvalue weighted by Crippen LogP contribution is 2.44. The van der Waals surface area contributed by atoms with E-state index in [0.29, 0.717) is 11.8 Å². The molecule has 0 fully saturated rings. The molecule has 1 nitrogen and oxygen atoms in total. The molecule has 1 heterocycles. The minimum absolute atomic E-state index is 0.593. The molecule has 0 aliphatic rings. The van der Waals surface area contributed by atoms with Crippen molar-refractivity contribution in [2.45, 2.75) is 0 Å². The van der Waals surface area contributed by atoms with Gasteiger partial charge in [0.15, 0.2) is 0 Å². The van der Waals surface area contributed by atoms with Gasteiger partial charge in [-0.25, -0.2) is 0 Å². The van der Waals surface area contributed by atoms with Gasteiger partial charge in [-0.15, -0.1) is 34.5 Å². The van der Waals surface area contributed by atoms with Gasteiger partial charge in [0.2, 0.25) is 0 Å². The molecule has 0 spiro atoms. The number of hydrogen-bond acceptors (Lipinski definition) is 2. The summed E-state index contributed by atoms with van der Waals surface area (Å²) in [6.07, 6.45) is 0. The highest BCUT2D eigenvalue weighted by Gasteiger charge is 2.18. The van der Waals surface area contributed by atoms with Gasteiger partial charge in [0.05, 0.1) is 10.6 Å². The fourth-order valence-electron chi connectivity index (χ4n) is 2.67. The third-order valence-electron chi connectivity index (χ3n) is 3.63. The second-order valence-electron chi connectivity index (χ2n) is 5.01. The number of hydrogen-bond donors (Lipinski definition) is 0. The molecule has 3 rings (SSSR count). The average molecular weight is 350 g/mol. The van der Waals surface area contributed by atoms with Gasteiger partial charge in [-0.1, -0.05) is 48.5 Å². The van der Waals surface area contributed by atoms with E-state index in [9.17, 15) is 0 Å². The topological polar surface area (TPSA) is 3.24 Å². The Bertz CT molecular complexity index is 733. The highest BCUT2D eigenvalue weighted by molar-refractivity contribution is 7.23. The van der Waals surface area contributed by atoms with Crippen molar-refractivity contribution in [1.29, 1.82) is 0 Å². The molecule has 0 saturated heterocycles. The number of fused-ring (bicyclic) bond motifs is 1. The summed E-state index contributed by atoms with van der Waals surface area (Å²) in [5, 5.41) is 1.28. The molecule has 0 bridgehead atoms. The van der Waals surface area contributed by atoms with E-state index in [2.05, 4.69) is 53.4 Å². The van der Waals surface area contributed by atoms with Crippen molar-refractivity contribution >= 4 is 50.3 Å². The van der Waals surface area contributed by atoms with Crippen LogP contribution in [0.2, 0.25) is 0 Å². The fraction of sp³-hybridized carbons (Fsp3) is 0.222. The van der Waals surface area contributed by atoms with Gasteiger partial charge in [-0.3, -0.25) is 0 Å². The van der Waals surface area contributed by atoms with Crippen LogP contribution in [0.25, 0.3) is 20.5 Å². The van der Waals surface area contributed by atoms with Gasteiger partial charge in [-0.05, 0) is 11.6 Å². The third-order valence-corrected chi connectivity index (χ3v) is 5.18. The van der Waals surface area contributed by atoms with Crippen LogP contribution < -0.4 is 4.90 Å². The average Bonchev–Trinajstić information content (AvgIpc) is 2.95. The largest absolute Gasteiger partial charge is 0.367 e. The van der Waals surface area contributed by atoms with E-state index in [0.717, 1.165) is 13.1 Å². The zero-order valence-electron chi connectivity index (χ0n) is 12.1. The predicted molar refractivity (Wildman–Crippen MR) is 101 cm³/mol. The van der Waals surface area contributed by atoms with Gasteiger partial charge in [0.1, 0.15) is 0 Å². The van der Waals surface area contributed by atoms with Crippen LogP contribution in [-0.2, 0) is 0 Å². The monoisotopic (exact) mass is 349 g/mol. The van der Waals surface area contributed by atoms with Crippen molar-refractivity contribution < 1.29 is 0 Å². The normalized spacial score (nSPS) is 11.0. The standard InChI is InChI=1S/C18H17Cl2NS/c19-10-12-21(13-11-20)17-15-8-4-5-9-16(15)22-18(17)14-6-2-1-3-7-14/h1-9H,10-13H2. The fourth-order valence-corrected chi connectivity index (χ4v) is 4.31. The molecule has 0 amide bonds. The minimum atomic E-state index is 0.593. The van der Waals surface area contributed by atoms with E-state index < -0.39 is 0 Å². The molecular formula is C18H17Cl2NS. The quantitative estimate of drug-likeness (QED) is 0.504. The number of alkyl halides is 2. The molecular weight excluding hydrogens is 333 g/mol. The van der Waals surface area contributed by atoms with E-state index in [1.165, 1.54) is 26.2 Å². The summed E-state index contributed by atoms with van der Waals surface area (Å²) in [4.78, 5) is 3.60. The molecule has 2 aromatic carbocycles. The summed E-state index contributed by atoms with van der Waals surface area (Å²) in [7, 11) is 0. The Hall–Kier alpha value is -1.22. The summed E-state index contributed by atoms with van der Waals surface area (Å²) in [5.41, 5.74) is 2.50. The van der Waals surface area contributed by atoms with Crippen LogP contribution in [0, 0.1) is 0 Å². The van der Waals surface area contributed by atoms with Gasteiger partial charge >= 0.3 is 0 Å². The SMILES string of the molecule is ClCCN(CCCl)c1c(-c2ccccc2)sc2ccccc12. The van der Waals surface area contributed by atoms with E-state index in [1.807, 2.05) is 17.4 Å². The number of rotatable bonds is 6. The van der Waals surface area contributed by atoms with E-state index in [4.69, 9.17) is 23.2 Å². The number of nitrogens with zero attached hydrogens (tertiary/aromatic N) is 1. The number of thiophene rings is 1. The van der Waals surface area contributed by atoms with Crippen molar-refractivity contribution in [3.63, 3.8) is 0 Å². The first-order valence-electron chi connectivity index (χ1n) is 7.29. The molecule has 0 unspecified atom stereocenters. The lowest BCUT2D eigenvalue weighted by atomic mass is 10.1. The minimum Gasteiger partial charge on any atom is -0.367 e. The van der Waals surface area contributed by atoms with Gasteiger partial charge in [0, 0.05) is 34.9 Å². The summed E-state index contributed by atoms with van der Waals surface area (Å²) in [6.45, 7) is 1.60. The number of anilines is 1. The molecule has 1 aromatic heterocycles. The van der Waals surface area contributed by atoms with Crippen LogP contribution >= 0.6 is 34.5 Å². The Morgan fingerprint density at radius 2 is 1.45 bits per heavy atom. The predicted octanol–water partition coefficient (Wildman–Crippen LogP) is 5.85. The molecule has 0 saturated carbocycles. The third kappa shape index (κ3) is 3.10. The highest BCUT2D eigenvalue weighted by atomic mass is 35.5. The number of halogens is 2. The Labute approximate surface area is 145 Å². The van der Waals surface area contributed by atoms with Crippen molar-refractivity contribution in [2.75, 3.05) is 29.7 Å². The van der Waals surface area contributed by atoms with Gasteiger partial charge in [-0.2, -0.15) is 0 Å². The molecule has 0 atom stereocenters. The summed E-state index contributed by atoms with van der Waals surface area (Å²) >= 11 is 13.9. The van der Waals surface area contributed by atoms with Crippen LogP contribution in [0.3, 0.4) is 0 Å². The van der Waals surface area contributed by atoms with Crippen LogP contribution in [0.15, 0.2) is 54.6 Å². The lowest BCUT2D eigenvalue weighted by Gasteiger charge is -2.24. The second kappa shape index (κ2) is 7.36. The van der Waals surface area contributed by atoms with Gasteiger partial charge in [0.25, 0.3) is 0 Å². The smallest absolute Gasteiger partial charge is 0.0636 e. The Morgan fingerprint density at radius 3 is 2.14 bits per heavy atom. The second-order valence-corrected chi connectivity index (χ2v) is 6.82. The Morgan fingerprint density at radius 1 is 0.818 bits per heavy atom. The molecule has 114 valence electrons. The van der Waals surface area contributed by atoms with Crippen molar-refractivity contribution in [1.82, 2.24) is 0 Å². The first-order chi connectivity index (χ1) is 10.8. The molecule has 0 aliphatic heterocycles. The number of benzene rings is 2. The van der Waals surface area contributed by atoms with E-state index in [1.54, 1.807) is 0 Å². The molecule has 0 aliphatic carbocycles. The molecule has 0 N–H and O–H groups in total. The molecule has 22 heavy (non-hydrogen) atoms. The molecule has 0 radical (unpaired) electrons. The van der Waals surface area contributed by atoms with E-state index in [-0.39, 0.29) is 0 Å². The van der Waals surface area contributed by atoms with Crippen LogP contribution in [0.5, 0.6) is 0 Å². The maximum absolute atomic E-state index is 6.02. The molecule has 3 aromatic rings. The van der Waals surface area contributed by atoms with Crippen molar-refractivity contribution in [3.8, 4) is 10.4 Å². The van der Waals surface area contributed by atoms with Crippen molar-refractivity contribution in [3.05, 3.63) is 54.6 Å². The summed E-state index contributed by atoms with van der Waals surface area (Å²) in [6, 6.07) is 19.1. The summed E-state index contributed by atoms with van der Waals surface area (Å²) in [5.74, 6) is 1.19. The lowest BCUT2D eigenvalue weighted by molar-refractivity contribution is 0.881. The van der Waals surface area contributed by atoms with Crippen molar-refractivity contribution in [2.24, 2.45) is 0 Å². The summed E-state index contributed by atoms with van der Waals surface area (Å²) < 4.78 is 1.30. The van der Waals surface area contributed by atoms with Crippen LogP contribution in [-0.4, -0.2) is 24.8 Å². The maximum Gasteiger partial charge on any atom is 0.0636 e.